The molecule has 2 aromatic heterocycles. The molecule has 17 heavy (non-hydrogen) atoms. The normalized spacial score (nSPS) is 10.2. The minimum absolute atomic E-state index is 0.00632. The standard InChI is InChI=1S/C9H7FN4O2S/c10-5-1-11-9(12-2-5)13-3-7-14-6(4-17-7)8(15)16/h1-2,4H,3H2,(H,15,16)(H,11,12,13). The molecule has 0 saturated carbocycles. The van der Waals surface area contributed by atoms with Crippen LogP contribution in [0.2, 0.25) is 0 Å². The van der Waals surface area contributed by atoms with Crippen LogP contribution < -0.4 is 5.32 Å². The fourth-order valence-corrected chi connectivity index (χ4v) is 1.76. The number of halogens is 1. The number of hydrogen-bond acceptors (Lipinski definition) is 6. The largest absolute Gasteiger partial charge is 0.476 e. The number of nitrogens with one attached hydrogen (secondary N) is 1. The molecule has 88 valence electrons. The molecule has 0 atom stereocenters. The van der Waals surface area contributed by atoms with Crippen LogP contribution in [0.5, 0.6) is 0 Å². The second kappa shape index (κ2) is 4.83. The summed E-state index contributed by atoms with van der Waals surface area (Å²) in [6.45, 7) is 0.295. The van der Waals surface area contributed by atoms with Crippen LogP contribution >= 0.6 is 11.3 Å². The number of nitrogens with zero attached hydrogens (tertiary/aromatic N) is 3. The van der Waals surface area contributed by atoms with Crippen molar-refractivity contribution in [2.45, 2.75) is 6.54 Å². The summed E-state index contributed by atoms with van der Waals surface area (Å²) in [4.78, 5) is 21.8. The van der Waals surface area contributed by atoms with Crippen molar-refractivity contribution in [1.29, 1.82) is 0 Å². The summed E-state index contributed by atoms with van der Waals surface area (Å²) in [6.07, 6.45) is 2.08. The number of aromatic nitrogens is 3. The van der Waals surface area contributed by atoms with Crippen LogP contribution in [0, 0.1) is 5.82 Å². The Kier molecular flexibility index (Phi) is 3.24. The van der Waals surface area contributed by atoms with Crippen LogP contribution in [0.15, 0.2) is 17.8 Å². The summed E-state index contributed by atoms with van der Waals surface area (Å²) >= 11 is 1.22. The lowest BCUT2D eigenvalue weighted by molar-refractivity contribution is 0.0691. The van der Waals surface area contributed by atoms with E-state index >= 15 is 0 Å². The molecule has 0 amide bonds. The van der Waals surface area contributed by atoms with Gasteiger partial charge in [0.15, 0.2) is 11.5 Å². The molecule has 0 aromatic carbocycles. The molecule has 2 aromatic rings. The first-order chi connectivity index (χ1) is 8.15. The monoisotopic (exact) mass is 254 g/mol. The second-order valence-electron chi connectivity index (χ2n) is 3.01. The molecule has 0 bridgehead atoms. The van der Waals surface area contributed by atoms with Gasteiger partial charge in [-0.2, -0.15) is 0 Å². The Bertz CT molecular complexity index is 528. The van der Waals surface area contributed by atoms with Gasteiger partial charge in [-0.1, -0.05) is 0 Å². The lowest BCUT2D eigenvalue weighted by Crippen LogP contribution is -2.04. The quantitative estimate of drug-likeness (QED) is 0.857. The van der Waals surface area contributed by atoms with E-state index in [1.807, 2.05) is 0 Å². The van der Waals surface area contributed by atoms with Crippen molar-refractivity contribution < 1.29 is 14.3 Å². The average Bonchev–Trinajstić information content (AvgIpc) is 2.77. The van der Waals surface area contributed by atoms with Crippen molar-refractivity contribution in [2.75, 3.05) is 5.32 Å². The first-order valence-corrected chi connectivity index (χ1v) is 5.42. The van der Waals surface area contributed by atoms with Crippen molar-refractivity contribution in [3.63, 3.8) is 0 Å². The summed E-state index contributed by atoms with van der Waals surface area (Å²) in [5.41, 5.74) is 0.00632. The van der Waals surface area contributed by atoms with Gasteiger partial charge in [-0.3, -0.25) is 0 Å². The Morgan fingerprint density at radius 3 is 2.76 bits per heavy atom. The number of hydrogen-bond donors (Lipinski definition) is 2. The van der Waals surface area contributed by atoms with Gasteiger partial charge in [-0.05, 0) is 0 Å². The highest BCUT2D eigenvalue weighted by Gasteiger charge is 2.08. The Morgan fingerprint density at radius 2 is 2.18 bits per heavy atom. The molecule has 0 saturated heterocycles. The van der Waals surface area contributed by atoms with Crippen molar-refractivity contribution in [2.24, 2.45) is 0 Å². The predicted molar refractivity (Wildman–Crippen MR) is 58.4 cm³/mol. The number of anilines is 1. The molecule has 2 rings (SSSR count). The molecule has 0 unspecified atom stereocenters. The van der Waals surface area contributed by atoms with E-state index in [0.717, 1.165) is 12.4 Å². The van der Waals surface area contributed by atoms with Crippen LogP contribution in [-0.4, -0.2) is 26.0 Å². The molecule has 8 heteroatoms. The van der Waals surface area contributed by atoms with Gasteiger partial charge >= 0.3 is 5.97 Å². The molecular weight excluding hydrogens is 247 g/mol. The maximum absolute atomic E-state index is 12.5. The lowest BCUT2D eigenvalue weighted by atomic mass is 10.5. The minimum Gasteiger partial charge on any atom is -0.476 e. The number of thiazole rings is 1. The molecule has 6 nitrogen and oxygen atoms in total. The number of rotatable bonds is 4. The zero-order chi connectivity index (χ0) is 12.3. The maximum atomic E-state index is 12.5. The van der Waals surface area contributed by atoms with Crippen molar-refractivity contribution in [3.8, 4) is 0 Å². The number of aromatic carboxylic acids is 1. The Balaban J connectivity index is 1.97. The fourth-order valence-electron chi connectivity index (χ4n) is 1.05. The van der Waals surface area contributed by atoms with E-state index in [0.29, 0.717) is 11.6 Å². The van der Waals surface area contributed by atoms with E-state index in [1.165, 1.54) is 16.7 Å². The van der Waals surface area contributed by atoms with Gasteiger partial charge in [0, 0.05) is 5.38 Å². The highest BCUT2D eigenvalue weighted by atomic mass is 32.1. The molecule has 0 aliphatic carbocycles. The van der Waals surface area contributed by atoms with Crippen LogP contribution in [0.4, 0.5) is 10.3 Å². The minimum atomic E-state index is -1.06. The highest BCUT2D eigenvalue weighted by molar-refractivity contribution is 7.09. The van der Waals surface area contributed by atoms with Crippen molar-refractivity contribution >= 4 is 23.3 Å². The molecule has 0 fully saturated rings. The Labute approximate surface area is 99.2 Å². The molecular formula is C9H7FN4O2S. The predicted octanol–water partition coefficient (Wildman–Crippen LogP) is 1.38. The van der Waals surface area contributed by atoms with E-state index < -0.39 is 11.8 Å². The molecule has 0 aliphatic rings. The smallest absolute Gasteiger partial charge is 0.355 e. The van der Waals surface area contributed by atoms with Gasteiger partial charge < -0.3 is 10.4 Å². The molecule has 2 N–H and O–H groups in total. The van der Waals surface area contributed by atoms with E-state index in [4.69, 9.17) is 5.11 Å². The van der Waals surface area contributed by atoms with Gasteiger partial charge in [0.1, 0.15) is 5.01 Å². The molecule has 2 heterocycles. The number of carboxylic acid groups (broad SMARTS) is 1. The molecule has 0 aliphatic heterocycles. The van der Waals surface area contributed by atoms with Crippen LogP contribution in [0.25, 0.3) is 0 Å². The Morgan fingerprint density at radius 1 is 1.47 bits per heavy atom. The SMILES string of the molecule is O=C(O)c1csc(CNc2ncc(F)cn2)n1. The van der Waals surface area contributed by atoms with E-state index in [-0.39, 0.29) is 11.6 Å². The lowest BCUT2D eigenvalue weighted by Gasteiger charge is -2.00. The maximum Gasteiger partial charge on any atom is 0.355 e. The Hall–Kier alpha value is -2.09. The van der Waals surface area contributed by atoms with E-state index in [2.05, 4.69) is 20.3 Å². The molecule has 0 radical (unpaired) electrons. The summed E-state index contributed by atoms with van der Waals surface area (Å²) in [5, 5.41) is 13.5. The second-order valence-corrected chi connectivity index (χ2v) is 3.95. The van der Waals surface area contributed by atoms with Crippen molar-refractivity contribution in [3.05, 3.63) is 34.3 Å². The van der Waals surface area contributed by atoms with Gasteiger partial charge in [0.2, 0.25) is 5.95 Å². The highest BCUT2D eigenvalue weighted by Crippen LogP contribution is 2.11. The molecule has 0 spiro atoms. The number of carboxylic acids is 1. The van der Waals surface area contributed by atoms with Gasteiger partial charge in [-0.25, -0.2) is 24.1 Å². The summed E-state index contributed by atoms with van der Waals surface area (Å²) in [6, 6.07) is 0. The van der Waals surface area contributed by atoms with Gasteiger partial charge in [0.05, 0.1) is 18.9 Å². The van der Waals surface area contributed by atoms with Crippen LogP contribution in [-0.2, 0) is 6.54 Å². The first-order valence-electron chi connectivity index (χ1n) is 4.54. The summed E-state index contributed by atoms with van der Waals surface area (Å²) < 4.78 is 12.5. The zero-order valence-electron chi connectivity index (χ0n) is 8.42. The van der Waals surface area contributed by atoms with Crippen LogP contribution in [0.1, 0.15) is 15.5 Å². The fraction of sp³-hybridized carbons (Fsp3) is 0.111. The summed E-state index contributed by atoms with van der Waals surface area (Å²) in [5.74, 6) is -1.32. The van der Waals surface area contributed by atoms with E-state index in [1.54, 1.807) is 0 Å². The zero-order valence-corrected chi connectivity index (χ0v) is 9.24. The third-order valence-electron chi connectivity index (χ3n) is 1.79. The van der Waals surface area contributed by atoms with Crippen molar-refractivity contribution in [1.82, 2.24) is 15.0 Å². The number of carbonyl (C=O) groups is 1. The first kappa shape index (κ1) is 11.4. The van der Waals surface area contributed by atoms with Gasteiger partial charge in [-0.15, -0.1) is 11.3 Å². The van der Waals surface area contributed by atoms with E-state index in [9.17, 15) is 9.18 Å². The van der Waals surface area contributed by atoms with Crippen LogP contribution in [0.3, 0.4) is 0 Å². The third kappa shape index (κ3) is 2.94. The van der Waals surface area contributed by atoms with Gasteiger partial charge in [0.25, 0.3) is 0 Å². The third-order valence-corrected chi connectivity index (χ3v) is 2.64. The topological polar surface area (TPSA) is 88.0 Å². The average molecular weight is 254 g/mol. The summed E-state index contributed by atoms with van der Waals surface area (Å²) in [7, 11) is 0.